The Labute approximate surface area is 138 Å². The molecule has 0 spiro atoms. The fourth-order valence-electron chi connectivity index (χ4n) is 2.53. The van der Waals surface area contributed by atoms with Gasteiger partial charge < -0.3 is 5.32 Å². The van der Waals surface area contributed by atoms with E-state index in [0.717, 1.165) is 0 Å². The fraction of sp³-hybridized carbons (Fsp3) is 0.133. The van der Waals surface area contributed by atoms with Gasteiger partial charge in [-0.05, 0) is 29.8 Å². The number of nitrogens with zero attached hydrogens (tertiary/aromatic N) is 1. The minimum Gasteiger partial charge on any atom is -0.375 e. The molecule has 1 aliphatic heterocycles. The Morgan fingerprint density at radius 1 is 1.14 bits per heavy atom. The lowest BCUT2D eigenvalue weighted by molar-refractivity contribution is 0.576. The van der Waals surface area contributed by atoms with E-state index in [0.29, 0.717) is 21.3 Å². The Morgan fingerprint density at radius 2 is 1.86 bits per heavy atom. The van der Waals surface area contributed by atoms with Crippen LogP contribution in [-0.4, -0.2) is 13.7 Å². The summed E-state index contributed by atoms with van der Waals surface area (Å²) in [6.45, 7) is 0. The molecule has 2 unspecified atom stereocenters. The Kier molecular flexibility index (Phi) is 3.77. The summed E-state index contributed by atoms with van der Waals surface area (Å²) in [7, 11) is -3.77. The molecule has 2 aromatic rings. The number of nitrogens with one attached hydrogen (secondary N) is 1. The van der Waals surface area contributed by atoms with Crippen molar-refractivity contribution in [3.63, 3.8) is 0 Å². The maximum absolute atomic E-state index is 12.7. The van der Waals surface area contributed by atoms with E-state index in [1.165, 1.54) is 12.1 Å². The van der Waals surface area contributed by atoms with Crippen LogP contribution in [0.25, 0.3) is 0 Å². The summed E-state index contributed by atoms with van der Waals surface area (Å²) in [5, 5.41) is 12.0. The third-order valence-corrected chi connectivity index (χ3v) is 6.14. The van der Waals surface area contributed by atoms with Crippen molar-refractivity contribution in [1.29, 1.82) is 5.26 Å². The highest BCUT2D eigenvalue weighted by atomic mass is 35.5. The maximum atomic E-state index is 12.7. The van der Waals surface area contributed by atoms with E-state index in [2.05, 4.69) is 5.32 Å². The molecule has 2 aromatic carbocycles. The van der Waals surface area contributed by atoms with E-state index in [4.69, 9.17) is 23.2 Å². The van der Waals surface area contributed by atoms with Gasteiger partial charge >= 0.3 is 0 Å². The lowest BCUT2D eigenvalue weighted by atomic mass is 10.0. The van der Waals surface area contributed by atoms with Crippen LogP contribution < -0.4 is 5.32 Å². The monoisotopic (exact) mass is 352 g/mol. The van der Waals surface area contributed by atoms with Gasteiger partial charge in [-0.3, -0.25) is 0 Å². The molecule has 0 saturated heterocycles. The fourth-order valence-corrected chi connectivity index (χ4v) is 4.74. The van der Waals surface area contributed by atoms with Gasteiger partial charge in [0.05, 0.1) is 22.7 Å². The van der Waals surface area contributed by atoms with E-state index in [9.17, 15) is 13.7 Å². The van der Waals surface area contributed by atoms with Crippen molar-refractivity contribution in [3.8, 4) is 6.07 Å². The van der Waals surface area contributed by atoms with Crippen molar-refractivity contribution in [1.82, 2.24) is 0 Å². The molecule has 1 heterocycles. The first-order chi connectivity index (χ1) is 10.4. The summed E-state index contributed by atoms with van der Waals surface area (Å²) in [6, 6.07) is 12.4. The van der Waals surface area contributed by atoms with Gasteiger partial charge in [-0.15, -0.1) is 0 Å². The van der Waals surface area contributed by atoms with Gasteiger partial charge in [-0.1, -0.05) is 41.4 Å². The highest BCUT2D eigenvalue weighted by Gasteiger charge is 2.42. The molecule has 0 amide bonds. The van der Waals surface area contributed by atoms with Gasteiger partial charge in [-0.25, -0.2) is 8.42 Å². The molecular formula is C15H10Cl2N2O2S. The second-order valence-electron chi connectivity index (χ2n) is 4.88. The Bertz CT molecular complexity index is 891. The topological polar surface area (TPSA) is 70.0 Å². The second-order valence-corrected chi connectivity index (χ2v) is 7.76. The first-order valence-corrected chi connectivity index (χ1v) is 8.69. The summed E-state index contributed by atoms with van der Waals surface area (Å²) in [4.78, 5) is 0.128. The lowest BCUT2D eigenvalue weighted by Gasteiger charge is -2.31. The van der Waals surface area contributed by atoms with Crippen molar-refractivity contribution in [2.24, 2.45) is 0 Å². The smallest absolute Gasteiger partial charge is 0.199 e. The van der Waals surface area contributed by atoms with Crippen LogP contribution in [0.2, 0.25) is 10.0 Å². The number of nitriles is 1. The molecule has 3 rings (SSSR count). The van der Waals surface area contributed by atoms with Crippen LogP contribution in [0.5, 0.6) is 0 Å². The number of fused-ring (bicyclic) bond motifs is 1. The Hall–Kier alpha value is -1.74. The van der Waals surface area contributed by atoms with Crippen LogP contribution in [0.3, 0.4) is 0 Å². The first-order valence-electron chi connectivity index (χ1n) is 6.39. The molecule has 7 heteroatoms. The molecule has 1 N–H and O–H groups in total. The van der Waals surface area contributed by atoms with E-state index in [-0.39, 0.29) is 4.90 Å². The van der Waals surface area contributed by atoms with Crippen molar-refractivity contribution in [2.75, 3.05) is 5.32 Å². The highest BCUT2D eigenvalue weighted by molar-refractivity contribution is 7.92. The Balaban J connectivity index is 2.20. The number of sulfone groups is 1. The van der Waals surface area contributed by atoms with E-state index in [1.54, 1.807) is 30.3 Å². The van der Waals surface area contributed by atoms with Crippen molar-refractivity contribution in [3.05, 3.63) is 58.1 Å². The number of para-hydroxylation sites is 1. The number of hydrogen-bond acceptors (Lipinski definition) is 4. The molecule has 2 atom stereocenters. The van der Waals surface area contributed by atoms with Gasteiger partial charge in [0.2, 0.25) is 0 Å². The summed E-state index contributed by atoms with van der Waals surface area (Å²) >= 11 is 12.1. The minimum absolute atomic E-state index is 0.128. The zero-order valence-corrected chi connectivity index (χ0v) is 13.5. The van der Waals surface area contributed by atoms with Gasteiger partial charge in [0, 0.05) is 10.0 Å². The quantitative estimate of drug-likeness (QED) is 0.846. The Morgan fingerprint density at radius 3 is 2.55 bits per heavy atom. The molecule has 0 fully saturated rings. The number of benzene rings is 2. The predicted molar refractivity (Wildman–Crippen MR) is 85.9 cm³/mol. The minimum atomic E-state index is -3.77. The number of hydrogen-bond donors (Lipinski definition) is 1. The first kappa shape index (κ1) is 15.2. The molecule has 0 aromatic heterocycles. The van der Waals surface area contributed by atoms with Crippen molar-refractivity contribution >= 4 is 38.7 Å². The summed E-state index contributed by atoms with van der Waals surface area (Å²) in [5.41, 5.74) is 0.987. The van der Waals surface area contributed by atoms with Crippen LogP contribution in [-0.2, 0) is 9.84 Å². The average molecular weight is 353 g/mol. The van der Waals surface area contributed by atoms with Crippen molar-refractivity contribution < 1.29 is 8.42 Å². The number of rotatable bonds is 1. The predicted octanol–water partition coefficient (Wildman–Crippen LogP) is 3.83. The molecule has 22 heavy (non-hydrogen) atoms. The van der Waals surface area contributed by atoms with Crippen LogP contribution >= 0.6 is 23.2 Å². The third kappa shape index (κ3) is 2.34. The summed E-state index contributed by atoms with van der Waals surface area (Å²) in [6.07, 6.45) is 0. The molecule has 1 aliphatic rings. The van der Waals surface area contributed by atoms with E-state index in [1.807, 2.05) is 6.07 Å². The van der Waals surface area contributed by atoms with Crippen LogP contribution in [0.15, 0.2) is 47.4 Å². The van der Waals surface area contributed by atoms with Crippen LogP contribution in [0.4, 0.5) is 5.69 Å². The zero-order chi connectivity index (χ0) is 15.9. The summed E-state index contributed by atoms with van der Waals surface area (Å²) < 4.78 is 25.3. The molecule has 0 saturated carbocycles. The van der Waals surface area contributed by atoms with E-state index >= 15 is 0 Å². The van der Waals surface area contributed by atoms with Gasteiger partial charge in [-0.2, -0.15) is 5.26 Å². The van der Waals surface area contributed by atoms with Crippen LogP contribution in [0.1, 0.15) is 11.6 Å². The molecule has 112 valence electrons. The SMILES string of the molecule is N#CC1C(c2ccc(Cl)cc2Cl)Nc2ccccc2S1(=O)=O. The zero-order valence-electron chi connectivity index (χ0n) is 11.1. The van der Waals surface area contributed by atoms with Gasteiger partial charge in [0.15, 0.2) is 15.1 Å². The number of anilines is 1. The third-order valence-electron chi connectivity index (χ3n) is 3.57. The number of halogens is 2. The molecular weight excluding hydrogens is 343 g/mol. The average Bonchev–Trinajstić information content (AvgIpc) is 2.47. The van der Waals surface area contributed by atoms with Crippen molar-refractivity contribution in [2.45, 2.75) is 16.2 Å². The lowest BCUT2D eigenvalue weighted by Crippen LogP contribution is -2.36. The maximum Gasteiger partial charge on any atom is 0.199 e. The highest BCUT2D eigenvalue weighted by Crippen LogP contribution is 2.41. The largest absolute Gasteiger partial charge is 0.375 e. The van der Waals surface area contributed by atoms with Gasteiger partial charge in [0.1, 0.15) is 0 Å². The van der Waals surface area contributed by atoms with Crippen LogP contribution in [0, 0.1) is 11.3 Å². The molecule has 0 bridgehead atoms. The summed E-state index contributed by atoms with van der Waals surface area (Å²) in [5.74, 6) is 0. The molecule has 0 radical (unpaired) electrons. The normalized spacial score (nSPS) is 22.2. The second kappa shape index (κ2) is 5.47. The molecule has 0 aliphatic carbocycles. The standard InChI is InChI=1S/C15H10Cl2N2O2S/c16-9-5-6-10(11(17)7-9)15-14(8-18)22(20,21)13-4-2-1-3-12(13)19-15/h1-7,14-15,19H. The molecule has 4 nitrogen and oxygen atoms in total. The van der Waals surface area contributed by atoms with Gasteiger partial charge in [0.25, 0.3) is 0 Å². The van der Waals surface area contributed by atoms with E-state index < -0.39 is 21.1 Å².